The van der Waals surface area contributed by atoms with Crippen molar-refractivity contribution in [2.75, 3.05) is 66.2 Å². The maximum atomic E-state index is 12.2. The SMILES string of the molecule is CCCCCC/C=C\COC(=O)CCCCCCCCN(CCCCCCCCC(=O)OC/C=C\CCCCCC)CCCN(C)CCCOC1OC(COC(C)=O)C(OC(C)=O)C(OC(C)=O)C1OC(C)=O. The summed E-state index contributed by atoms with van der Waals surface area (Å²) in [6.45, 7) is 14.5. The van der Waals surface area contributed by atoms with Gasteiger partial charge in [-0.15, -0.1) is 0 Å². The van der Waals surface area contributed by atoms with Crippen molar-refractivity contribution < 1.29 is 66.7 Å². The van der Waals surface area contributed by atoms with Crippen LogP contribution in [0.5, 0.6) is 0 Å². The summed E-state index contributed by atoms with van der Waals surface area (Å²) >= 11 is 0. The number of allylic oxidation sites excluding steroid dienone is 2. The molecule has 0 aliphatic carbocycles. The zero-order valence-corrected chi connectivity index (χ0v) is 46.6. The Kier molecular flexibility index (Phi) is 41.9. The minimum Gasteiger partial charge on any atom is -0.463 e. The van der Waals surface area contributed by atoms with Crippen LogP contribution in [0.4, 0.5) is 0 Å². The van der Waals surface area contributed by atoms with Gasteiger partial charge >= 0.3 is 35.8 Å². The Morgan fingerprint density at radius 3 is 1.38 bits per heavy atom. The Morgan fingerprint density at radius 1 is 0.452 bits per heavy atom. The topological polar surface area (TPSA) is 183 Å². The molecule has 0 N–H and O–H groups in total. The fraction of sp³-hybridized carbons (Fsp3) is 0.825. The molecule has 0 aromatic rings. The van der Waals surface area contributed by atoms with Crippen molar-refractivity contribution in [2.24, 2.45) is 0 Å². The van der Waals surface area contributed by atoms with Gasteiger partial charge in [-0.1, -0.05) is 128 Å². The fourth-order valence-corrected chi connectivity index (χ4v) is 8.67. The van der Waals surface area contributed by atoms with Crippen molar-refractivity contribution in [3.8, 4) is 0 Å². The lowest BCUT2D eigenvalue weighted by Crippen LogP contribution is -2.63. The van der Waals surface area contributed by atoms with E-state index in [1.54, 1.807) is 0 Å². The van der Waals surface area contributed by atoms with Gasteiger partial charge in [-0.2, -0.15) is 0 Å². The molecule has 0 radical (unpaired) electrons. The van der Waals surface area contributed by atoms with Crippen molar-refractivity contribution in [3.63, 3.8) is 0 Å². The Morgan fingerprint density at radius 2 is 0.890 bits per heavy atom. The highest BCUT2D eigenvalue weighted by molar-refractivity contribution is 5.70. The van der Waals surface area contributed by atoms with Gasteiger partial charge in [0.25, 0.3) is 0 Å². The third kappa shape index (κ3) is 38.4. The van der Waals surface area contributed by atoms with Crippen molar-refractivity contribution in [2.45, 2.75) is 239 Å². The minimum atomic E-state index is -1.27. The van der Waals surface area contributed by atoms with E-state index in [4.69, 9.17) is 37.9 Å². The monoisotopic (exact) mass is 1040 g/mol. The van der Waals surface area contributed by atoms with Crippen molar-refractivity contribution in [3.05, 3.63) is 24.3 Å². The predicted molar refractivity (Wildman–Crippen MR) is 283 cm³/mol. The normalized spacial score (nSPS) is 17.8. The molecule has 1 fully saturated rings. The van der Waals surface area contributed by atoms with Gasteiger partial charge in [-0.05, 0) is 97.4 Å². The largest absolute Gasteiger partial charge is 0.463 e. The van der Waals surface area contributed by atoms with Gasteiger partial charge in [0.15, 0.2) is 24.6 Å². The Hall–Kier alpha value is -3.86. The maximum absolute atomic E-state index is 12.2. The number of unbranched alkanes of at least 4 members (excludes halogenated alkanes) is 18. The molecule has 1 heterocycles. The number of nitrogens with zero attached hydrogens (tertiary/aromatic N) is 2. The highest BCUT2D eigenvalue weighted by Gasteiger charge is 2.52. The first-order chi connectivity index (χ1) is 35.3. The lowest BCUT2D eigenvalue weighted by atomic mass is 9.98. The first-order valence-electron chi connectivity index (χ1n) is 28.2. The van der Waals surface area contributed by atoms with Gasteiger partial charge in [-0.25, -0.2) is 0 Å². The molecule has 1 rings (SSSR count). The van der Waals surface area contributed by atoms with Crippen LogP contribution >= 0.6 is 0 Å². The van der Waals surface area contributed by atoms with Gasteiger partial charge in [0.2, 0.25) is 0 Å². The average Bonchev–Trinajstić information content (AvgIpc) is 3.34. The second-order valence-corrected chi connectivity index (χ2v) is 19.5. The number of ether oxygens (including phenoxy) is 8. The molecule has 0 bridgehead atoms. The number of hydrogen-bond donors (Lipinski definition) is 0. The van der Waals surface area contributed by atoms with Gasteiger partial charge in [0, 0.05) is 47.1 Å². The smallest absolute Gasteiger partial charge is 0.306 e. The van der Waals surface area contributed by atoms with Gasteiger partial charge < -0.3 is 47.7 Å². The molecule has 0 spiro atoms. The first-order valence-corrected chi connectivity index (χ1v) is 28.2. The number of esters is 6. The summed E-state index contributed by atoms with van der Waals surface area (Å²) in [7, 11) is 2.07. The summed E-state index contributed by atoms with van der Waals surface area (Å²) in [6, 6.07) is 0. The molecule has 16 nitrogen and oxygen atoms in total. The highest BCUT2D eigenvalue weighted by Crippen LogP contribution is 2.30. The van der Waals surface area contributed by atoms with E-state index in [1.807, 2.05) is 12.2 Å². The number of carbonyl (C=O) groups excluding carboxylic acids is 6. The summed E-state index contributed by atoms with van der Waals surface area (Å²) < 4.78 is 44.6. The standard InChI is InChI=1S/C57H100N2O14/c1-8-10-12-14-20-26-32-43-66-52(64)36-28-22-16-18-24-30-40-59(41-31-25-19-17-23-29-37-53(65)67-44-33-27-21-15-13-11-9-2)42-34-38-58(7)39-35-45-68-57-56(72-50(6)63)55(71-49(5)62)54(70-48(4)61)51(73-57)46-69-47(3)60/h26-27,32-33,51,54-57H,8-25,28-31,34-46H2,1-7H3/b32-26-,33-27-. The van der Waals surface area contributed by atoms with Gasteiger partial charge in [-0.3, -0.25) is 28.8 Å². The molecule has 5 unspecified atom stereocenters. The number of carbonyl (C=O) groups is 6. The predicted octanol–water partition coefficient (Wildman–Crippen LogP) is 10.7. The van der Waals surface area contributed by atoms with Crippen molar-refractivity contribution in [1.29, 1.82) is 0 Å². The zero-order chi connectivity index (χ0) is 53.7. The number of rotatable bonds is 46. The quantitative estimate of drug-likeness (QED) is 0.0243. The molecule has 73 heavy (non-hydrogen) atoms. The van der Waals surface area contributed by atoms with E-state index in [-0.39, 0.29) is 25.2 Å². The first kappa shape index (κ1) is 67.2. The molecule has 422 valence electrons. The van der Waals surface area contributed by atoms with Crippen LogP contribution in [0.15, 0.2) is 24.3 Å². The lowest BCUT2D eigenvalue weighted by Gasteiger charge is -2.44. The summed E-state index contributed by atoms with van der Waals surface area (Å²) in [5.41, 5.74) is 0. The van der Waals surface area contributed by atoms with Crippen LogP contribution in [-0.4, -0.2) is 143 Å². The second-order valence-electron chi connectivity index (χ2n) is 19.5. The molecule has 1 aliphatic rings. The molecule has 5 atom stereocenters. The fourth-order valence-electron chi connectivity index (χ4n) is 8.67. The van der Waals surface area contributed by atoms with Crippen LogP contribution in [0.25, 0.3) is 0 Å². The van der Waals surface area contributed by atoms with Gasteiger partial charge in [0.05, 0.1) is 6.61 Å². The van der Waals surface area contributed by atoms with E-state index >= 15 is 0 Å². The third-order valence-electron chi connectivity index (χ3n) is 12.6. The molecule has 0 aromatic carbocycles. The molecule has 1 aliphatic heterocycles. The maximum Gasteiger partial charge on any atom is 0.306 e. The Balaban J connectivity index is 2.62. The van der Waals surface area contributed by atoms with Crippen LogP contribution in [0, 0.1) is 0 Å². The van der Waals surface area contributed by atoms with Gasteiger partial charge in [0.1, 0.15) is 25.9 Å². The lowest BCUT2D eigenvalue weighted by molar-refractivity contribution is -0.308. The molecular formula is C57H100N2O14. The van der Waals surface area contributed by atoms with Crippen LogP contribution in [-0.2, 0) is 66.7 Å². The molecule has 0 saturated carbocycles. The van der Waals surface area contributed by atoms with E-state index in [0.29, 0.717) is 39.0 Å². The molecule has 0 aromatic heterocycles. The van der Waals surface area contributed by atoms with E-state index < -0.39 is 54.6 Å². The van der Waals surface area contributed by atoms with Crippen LogP contribution < -0.4 is 0 Å². The molecular weight excluding hydrogens is 937 g/mol. The third-order valence-corrected chi connectivity index (χ3v) is 12.6. The summed E-state index contributed by atoms with van der Waals surface area (Å²) in [4.78, 5) is 77.3. The van der Waals surface area contributed by atoms with E-state index in [0.717, 1.165) is 122 Å². The molecule has 1 saturated heterocycles. The van der Waals surface area contributed by atoms with Crippen LogP contribution in [0.1, 0.15) is 208 Å². The van der Waals surface area contributed by atoms with Crippen LogP contribution in [0.3, 0.4) is 0 Å². The zero-order valence-electron chi connectivity index (χ0n) is 46.6. The van der Waals surface area contributed by atoms with E-state index in [1.165, 1.54) is 79.1 Å². The Bertz CT molecular complexity index is 1470. The van der Waals surface area contributed by atoms with Crippen LogP contribution in [0.2, 0.25) is 0 Å². The highest BCUT2D eigenvalue weighted by atomic mass is 16.7. The minimum absolute atomic E-state index is 0.111. The average molecular weight is 1040 g/mol. The number of hydrogen-bond acceptors (Lipinski definition) is 16. The Labute approximate surface area is 440 Å². The van der Waals surface area contributed by atoms with Crippen molar-refractivity contribution >= 4 is 35.8 Å². The molecule has 0 amide bonds. The van der Waals surface area contributed by atoms with E-state index in [9.17, 15) is 28.8 Å². The molecule has 16 heteroatoms. The second kappa shape index (κ2) is 45.5. The van der Waals surface area contributed by atoms with Crippen molar-refractivity contribution in [1.82, 2.24) is 9.80 Å². The van der Waals surface area contributed by atoms with E-state index in [2.05, 4.69) is 42.8 Å². The summed E-state index contributed by atoms with van der Waals surface area (Å²) in [6.07, 6.45) is 29.6. The summed E-state index contributed by atoms with van der Waals surface area (Å²) in [5, 5.41) is 0. The summed E-state index contributed by atoms with van der Waals surface area (Å²) in [5.74, 6) is -2.87.